The van der Waals surface area contributed by atoms with Crippen molar-refractivity contribution in [2.75, 3.05) is 5.75 Å². The molecule has 7 heteroatoms. The van der Waals surface area contributed by atoms with Crippen molar-refractivity contribution >= 4 is 21.4 Å². The fourth-order valence-corrected chi connectivity index (χ4v) is 2.92. The molecule has 0 radical (unpaired) electrons. The van der Waals surface area contributed by atoms with Crippen molar-refractivity contribution in [1.29, 1.82) is 0 Å². The van der Waals surface area contributed by atoms with E-state index in [1.807, 2.05) is 5.38 Å². The Morgan fingerprint density at radius 2 is 2.50 bits per heavy atom. The first-order valence-electron chi connectivity index (χ1n) is 4.06. The van der Waals surface area contributed by atoms with Gasteiger partial charge in [0.05, 0.1) is 11.4 Å². The highest BCUT2D eigenvalue weighted by molar-refractivity contribution is 7.94. The highest BCUT2D eigenvalue weighted by Crippen LogP contribution is 2.08. The van der Waals surface area contributed by atoms with Gasteiger partial charge in [-0.3, -0.25) is 0 Å². The Morgan fingerprint density at radius 3 is 3.07 bits per heavy atom. The van der Waals surface area contributed by atoms with Crippen LogP contribution >= 0.6 is 11.5 Å². The zero-order chi connectivity index (χ0) is 10.0. The van der Waals surface area contributed by atoms with Gasteiger partial charge in [-0.1, -0.05) is 10.6 Å². The predicted octanol–water partition coefficient (Wildman–Crippen LogP) is -0.0616. The molecule has 0 spiro atoms. The van der Waals surface area contributed by atoms with Crippen LogP contribution in [0.4, 0.5) is 0 Å². The molecule has 1 aromatic heterocycles. The Labute approximate surface area is 85.9 Å². The molecule has 0 bridgehead atoms. The van der Waals surface area contributed by atoms with Gasteiger partial charge < -0.3 is 5.32 Å². The fraction of sp³-hybridized carbons (Fsp3) is 0.429. The van der Waals surface area contributed by atoms with Crippen LogP contribution < -0.4 is 5.32 Å². The summed E-state index contributed by atoms with van der Waals surface area (Å²) in [6, 6.07) is -0.0956. The van der Waals surface area contributed by atoms with Crippen molar-refractivity contribution in [3.05, 3.63) is 22.6 Å². The van der Waals surface area contributed by atoms with Crippen LogP contribution in [0.15, 0.2) is 16.9 Å². The van der Waals surface area contributed by atoms with Crippen LogP contribution in [0, 0.1) is 0 Å². The number of hydrogen-bond donors (Lipinski definition) is 1. The molecule has 2 rings (SSSR count). The van der Waals surface area contributed by atoms with Gasteiger partial charge in [0, 0.05) is 23.4 Å². The van der Waals surface area contributed by atoms with Gasteiger partial charge in [0.25, 0.3) is 0 Å². The lowest BCUT2D eigenvalue weighted by Gasteiger charge is -2.06. The molecular weight excluding hydrogens is 222 g/mol. The van der Waals surface area contributed by atoms with E-state index < -0.39 is 9.84 Å². The van der Waals surface area contributed by atoms with E-state index in [2.05, 4.69) is 14.9 Å². The van der Waals surface area contributed by atoms with E-state index in [1.54, 1.807) is 6.08 Å². The quantitative estimate of drug-likeness (QED) is 0.789. The van der Waals surface area contributed by atoms with E-state index >= 15 is 0 Å². The summed E-state index contributed by atoms with van der Waals surface area (Å²) < 4.78 is 25.8. The molecule has 0 saturated carbocycles. The van der Waals surface area contributed by atoms with E-state index in [4.69, 9.17) is 0 Å². The van der Waals surface area contributed by atoms with E-state index in [0.29, 0.717) is 6.54 Å². The molecular formula is C7H9N3O2S2. The number of aromatic nitrogens is 2. The van der Waals surface area contributed by atoms with Gasteiger partial charge >= 0.3 is 0 Å². The minimum Gasteiger partial charge on any atom is -0.304 e. The first-order chi connectivity index (χ1) is 6.66. The molecule has 0 fully saturated rings. The van der Waals surface area contributed by atoms with Crippen molar-refractivity contribution in [1.82, 2.24) is 14.9 Å². The van der Waals surface area contributed by atoms with Crippen molar-refractivity contribution in [3.8, 4) is 0 Å². The molecule has 0 aliphatic carbocycles. The third kappa shape index (κ3) is 2.37. The number of nitrogens with one attached hydrogen (secondary N) is 1. The first kappa shape index (κ1) is 9.75. The van der Waals surface area contributed by atoms with Crippen LogP contribution in [-0.4, -0.2) is 29.8 Å². The first-order valence-corrected chi connectivity index (χ1v) is 6.61. The average Bonchev–Trinajstić information content (AvgIpc) is 2.70. The molecule has 0 amide bonds. The highest BCUT2D eigenvalue weighted by Gasteiger charge is 2.20. The number of rotatable bonds is 3. The summed E-state index contributed by atoms with van der Waals surface area (Å²) >= 11 is 1.28. The second-order valence-corrected chi connectivity index (χ2v) is 5.58. The van der Waals surface area contributed by atoms with Gasteiger partial charge in [-0.15, -0.1) is 5.10 Å². The molecule has 2 heterocycles. The van der Waals surface area contributed by atoms with Crippen LogP contribution in [0.25, 0.3) is 0 Å². The standard InChI is InChI=1S/C7H9N3O2S2/c11-14(12)2-1-6(5-14)8-3-7-4-13-10-9-7/h1-2,4,6,8H,3,5H2. The van der Waals surface area contributed by atoms with Crippen molar-refractivity contribution in [2.45, 2.75) is 12.6 Å². The van der Waals surface area contributed by atoms with Gasteiger partial charge in [0.15, 0.2) is 9.84 Å². The SMILES string of the molecule is O=S1(=O)C=CC(NCc2csnn2)C1. The van der Waals surface area contributed by atoms with E-state index in [1.165, 1.54) is 16.9 Å². The van der Waals surface area contributed by atoms with E-state index in [9.17, 15) is 8.42 Å². The van der Waals surface area contributed by atoms with E-state index in [-0.39, 0.29) is 11.8 Å². The average molecular weight is 231 g/mol. The lowest BCUT2D eigenvalue weighted by atomic mass is 10.3. The molecule has 1 unspecified atom stereocenters. The summed E-state index contributed by atoms with van der Waals surface area (Å²) in [7, 11) is -2.96. The third-order valence-electron chi connectivity index (χ3n) is 1.88. The second kappa shape index (κ2) is 3.76. The second-order valence-electron chi connectivity index (χ2n) is 3.04. The minimum absolute atomic E-state index is 0.0956. The Bertz CT molecular complexity index is 424. The topological polar surface area (TPSA) is 72.0 Å². The normalized spacial score (nSPS) is 24.1. The summed E-state index contributed by atoms with van der Waals surface area (Å²) in [6.07, 6.45) is 1.66. The van der Waals surface area contributed by atoms with Gasteiger partial charge in [0.2, 0.25) is 0 Å². The van der Waals surface area contributed by atoms with Gasteiger partial charge in [0.1, 0.15) is 0 Å². The number of nitrogens with zero attached hydrogens (tertiary/aromatic N) is 2. The van der Waals surface area contributed by atoms with Gasteiger partial charge in [-0.2, -0.15) is 0 Å². The monoisotopic (exact) mass is 231 g/mol. The molecule has 1 aliphatic rings. The third-order valence-corrected chi connectivity index (χ3v) is 3.83. The molecule has 76 valence electrons. The maximum absolute atomic E-state index is 11.0. The Balaban J connectivity index is 1.87. The molecule has 1 aliphatic heterocycles. The Kier molecular flexibility index (Phi) is 2.62. The summed E-state index contributed by atoms with van der Waals surface area (Å²) in [4.78, 5) is 0. The predicted molar refractivity (Wildman–Crippen MR) is 53.5 cm³/mol. The molecule has 1 aromatic rings. The summed E-state index contributed by atoms with van der Waals surface area (Å²) in [5.41, 5.74) is 0.840. The van der Waals surface area contributed by atoms with E-state index in [0.717, 1.165) is 5.69 Å². The summed E-state index contributed by atoms with van der Waals surface area (Å²) in [6.45, 7) is 0.557. The largest absolute Gasteiger partial charge is 0.304 e. The van der Waals surface area contributed by atoms with Crippen LogP contribution in [0.1, 0.15) is 5.69 Å². The minimum atomic E-state index is -2.96. The van der Waals surface area contributed by atoms with Crippen molar-refractivity contribution < 1.29 is 8.42 Å². The summed E-state index contributed by atoms with van der Waals surface area (Å²) in [5, 5.41) is 10.0. The number of hydrogen-bond acceptors (Lipinski definition) is 6. The fourth-order valence-electron chi connectivity index (χ4n) is 1.20. The van der Waals surface area contributed by atoms with Gasteiger partial charge in [-0.25, -0.2) is 8.42 Å². The van der Waals surface area contributed by atoms with Gasteiger partial charge in [-0.05, 0) is 11.5 Å². The molecule has 0 saturated heterocycles. The highest BCUT2D eigenvalue weighted by atomic mass is 32.2. The van der Waals surface area contributed by atoms with Crippen LogP contribution in [0.5, 0.6) is 0 Å². The molecule has 0 aromatic carbocycles. The molecule has 1 N–H and O–H groups in total. The molecule has 14 heavy (non-hydrogen) atoms. The molecule has 5 nitrogen and oxygen atoms in total. The number of sulfone groups is 1. The van der Waals surface area contributed by atoms with Crippen molar-refractivity contribution in [2.24, 2.45) is 0 Å². The smallest absolute Gasteiger partial charge is 0.173 e. The lowest BCUT2D eigenvalue weighted by Crippen LogP contribution is -2.29. The summed E-state index contributed by atoms with van der Waals surface area (Å²) in [5.74, 6) is 0.143. The Hall–Kier alpha value is -0.790. The van der Waals surface area contributed by atoms with Crippen LogP contribution in [0.2, 0.25) is 0 Å². The van der Waals surface area contributed by atoms with Crippen LogP contribution in [-0.2, 0) is 16.4 Å². The maximum Gasteiger partial charge on any atom is 0.173 e. The lowest BCUT2D eigenvalue weighted by molar-refractivity contribution is 0.588. The zero-order valence-electron chi connectivity index (χ0n) is 7.25. The zero-order valence-corrected chi connectivity index (χ0v) is 8.88. The Morgan fingerprint density at radius 1 is 1.64 bits per heavy atom. The van der Waals surface area contributed by atoms with Crippen LogP contribution in [0.3, 0.4) is 0 Å². The maximum atomic E-state index is 11.0. The van der Waals surface area contributed by atoms with Crippen molar-refractivity contribution in [3.63, 3.8) is 0 Å². The molecule has 1 atom stereocenters.